The molecule has 0 amide bonds. The molecule has 5 rings (SSSR count). The number of hydrogen-bond acceptors (Lipinski definition) is 8. The van der Waals surface area contributed by atoms with E-state index in [4.69, 9.17) is 28.1 Å². The second-order valence-corrected chi connectivity index (χ2v) is 10.8. The summed E-state index contributed by atoms with van der Waals surface area (Å²) >= 11 is 0. The topological polar surface area (TPSA) is 97.9 Å². The summed E-state index contributed by atoms with van der Waals surface area (Å²) in [6.07, 6.45) is -5.08. The van der Waals surface area contributed by atoms with E-state index in [1.54, 1.807) is 26.8 Å². The lowest BCUT2D eigenvalue weighted by Crippen LogP contribution is -3.12. The van der Waals surface area contributed by atoms with Crippen LogP contribution in [0, 0.1) is 20.8 Å². The number of hydrogen-bond donors (Lipinski definition) is 1. The third kappa shape index (κ3) is 6.62. The van der Waals surface area contributed by atoms with Crippen molar-refractivity contribution in [1.29, 1.82) is 0 Å². The fraction of sp³-hybridized carbons (Fsp3) is 0.333. The van der Waals surface area contributed by atoms with Gasteiger partial charge in [-0.05, 0) is 73.9 Å². The van der Waals surface area contributed by atoms with Crippen molar-refractivity contribution in [3.05, 3.63) is 86.3 Å². The van der Waals surface area contributed by atoms with E-state index in [9.17, 15) is 22.8 Å². The zero-order valence-electron chi connectivity index (χ0n) is 25.5. The molecule has 0 aliphatic carbocycles. The summed E-state index contributed by atoms with van der Waals surface area (Å²) in [5.74, 6) is -2.60. The van der Waals surface area contributed by atoms with Crippen molar-refractivity contribution >= 4 is 16.9 Å². The number of morpholine rings is 1. The molecule has 0 unspecified atom stereocenters. The molecule has 0 saturated carbocycles. The average Bonchev–Trinajstić information content (AvgIpc) is 3.01. The Bertz CT molecular complexity index is 1810. The van der Waals surface area contributed by atoms with Crippen LogP contribution in [-0.2, 0) is 17.5 Å². The second-order valence-electron chi connectivity index (χ2n) is 10.8. The third-order valence-electron chi connectivity index (χ3n) is 7.76. The molecule has 0 bridgehead atoms. The van der Waals surface area contributed by atoms with Crippen molar-refractivity contribution in [2.75, 3.05) is 40.5 Å². The number of carbonyl (C=O) groups excluding carboxylic acids is 1. The van der Waals surface area contributed by atoms with Gasteiger partial charge in [0.1, 0.15) is 31.1 Å². The number of alkyl halides is 3. The highest BCUT2D eigenvalue weighted by Gasteiger charge is 2.41. The van der Waals surface area contributed by atoms with Crippen LogP contribution >= 0.6 is 0 Å². The first-order valence-corrected chi connectivity index (χ1v) is 14.2. The SMILES string of the molecule is COc1ccc(C(=O)Oc2ccc3c(=O)c(Oc4cc(C)cc(C)c4C)c(C(F)(F)F)oc3c2C[NH+]2CCOCC2)cc1OC. The number of halogens is 3. The van der Waals surface area contributed by atoms with E-state index in [-0.39, 0.29) is 45.9 Å². The normalized spacial score (nSPS) is 14.0. The minimum atomic E-state index is -5.08. The minimum absolute atomic E-state index is 0.0450. The molecule has 3 aromatic carbocycles. The fourth-order valence-corrected chi connectivity index (χ4v) is 5.25. The molecule has 1 aromatic heterocycles. The van der Waals surface area contributed by atoms with Gasteiger partial charge in [0.2, 0.25) is 11.2 Å². The second kappa shape index (κ2) is 12.8. The monoisotopic (exact) mass is 628 g/mol. The van der Waals surface area contributed by atoms with Crippen LogP contribution in [0.15, 0.2) is 51.7 Å². The number of fused-ring (bicyclic) bond motifs is 1. The first kappa shape index (κ1) is 31.9. The van der Waals surface area contributed by atoms with Crippen LogP contribution in [0.1, 0.15) is 38.4 Å². The van der Waals surface area contributed by atoms with Crippen molar-refractivity contribution in [2.24, 2.45) is 0 Å². The maximum atomic E-state index is 14.5. The Hall–Kier alpha value is -4.55. The van der Waals surface area contributed by atoms with Gasteiger partial charge in [-0.25, -0.2) is 4.79 Å². The van der Waals surface area contributed by atoms with E-state index in [0.29, 0.717) is 37.6 Å². The Morgan fingerprint density at radius 3 is 2.27 bits per heavy atom. The van der Waals surface area contributed by atoms with E-state index in [2.05, 4.69) is 0 Å². The molecular formula is C33H33F3NO8+. The lowest BCUT2D eigenvalue weighted by Gasteiger charge is -2.25. The molecule has 1 aliphatic rings. The predicted octanol–water partition coefficient (Wildman–Crippen LogP) is 5.18. The summed E-state index contributed by atoms with van der Waals surface area (Å²) in [7, 11) is 2.87. The van der Waals surface area contributed by atoms with Gasteiger partial charge < -0.3 is 33.0 Å². The van der Waals surface area contributed by atoms with E-state index in [0.717, 1.165) is 16.0 Å². The van der Waals surface area contributed by atoms with Crippen LogP contribution in [-0.4, -0.2) is 46.5 Å². The Morgan fingerprint density at radius 1 is 0.911 bits per heavy atom. The van der Waals surface area contributed by atoms with Crippen molar-refractivity contribution in [3.8, 4) is 28.7 Å². The van der Waals surface area contributed by atoms with Gasteiger partial charge in [0.15, 0.2) is 17.1 Å². The first-order chi connectivity index (χ1) is 21.4. The lowest BCUT2D eigenvalue weighted by atomic mass is 10.1. The molecule has 4 aromatic rings. The summed E-state index contributed by atoms with van der Waals surface area (Å²) in [5.41, 5.74) is 1.04. The molecule has 1 saturated heterocycles. The smallest absolute Gasteiger partial charge is 0.453 e. The third-order valence-corrected chi connectivity index (χ3v) is 7.76. The van der Waals surface area contributed by atoms with E-state index >= 15 is 0 Å². The Morgan fingerprint density at radius 2 is 1.60 bits per heavy atom. The largest absolute Gasteiger partial charge is 0.493 e. The van der Waals surface area contributed by atoms with Crippen LogP contribution in [0.4, 0.5) is 13.2 Å². The molecule has 1 fully saturated rings. The number of quaternary nitrogens is 1. The van der Waals surface area contributed by atoms with Gasteiger partial charge in [0, 0.05) is 0 Å². The highest BCUT2D eigenvalue weighted by Crippen LogP contribution is 2.41. The number of methoxy groups -OCH3 is 2. The summed E-state index contributed by atoms with van der Waals surface area (Å²) in [5, 5.41) is -0.145. The van der Waals surface area contributed by atoms with Crippen molar-refractivity contribution in [2.45, 2.75) is 33.5 Å². The maximum absolute atomic E-state index is 14.5. The summed E-state index contributed by atoms with van der Waals surface area (Å²) in [4.78, 5) is 28.0. The summed E-state index contributed by atoms with van der Waals surface area (Å²) in [6.45, 7) is 7.34. The number of rotatable bonds is 8. The molecule has 1 aliphatic heterocycles. The number of benzene rings is 3. The number of carbonyl (C=O) groups is 1. The Labute approximate surface area is 257 Å². The van der Waals surface area contributed by atoms with Gasteiger partial charge in [-0.2, -0.15) is 13.2 Å². The number of aryl methyl sites for hydroxylation is 2. The van der Waals surface area contributed by atoms with Gasteiger partial charge in [-0.3, -0.25) is 4.79 Å². The standard InChI is InChI=1S/C33H32F3NO8/c1-18-14-19(2)20(3)26(15-18)43-30-28(38)22-7-9-24(44-32(39)21-6-8-25(40-4)27(16-21)41-5)23(17-37-10-12-42-13-11-37)29(22)45-31(30)33(34,35)36/h6-9,14-16H,10-13,17H2,1-5H3/p+1. The van der Waals surface area contributed by atoms with Crippen molar-refractivity contribution < 1.29 is 51.0 Å². The van der Waals surface area contributed by atoms with Gasteiger partial charge in [-0.1, -0.05) is 6.07 Å². The molecule has 9 nitrogen and oxygen atoms in total. The van der Waals surface area contributed by atoms with Gasteiger partial charge in [0.05, 0.1) is 43.9 Å². The highest BCUT2D eigenvalue weighted by atomic mass is 19.4. The molecule has 0 radical (unpaired) electrons. The average molecular weight is 629 g/mol. The molecule has 0 atom stereocenters. The van der Waals surface area contributed by atoms with Crippen molar-refractivity contribution in [1.82, 2.24) is 0 Å². The molecule has 0 spiro atoms. The van der Waals surface area contributed by atoms with Gasteiger partial charge in [0.25, 0.3) is 5.76 Å². The lowest BCUT2D eigenvalue weighted by molar-refractivity contribution is -0.921. The Kier molecular flexibility index (Phi) is 9.08. The summed E-state index contributed by atoms with van der Waals surface area (Å²) < 4.78 is 76.5. The van der Waals surface area contributed by atoms with Crippen LogP contribution in [0.3, 0.4) is 0 Å². The minimum Gasteiger partial charge on any atom is -0.493 e. The summed E-state index contributed by atoms with van der Waals surface area (Å²) in [6, 6.07) is 10.5. The zero-order valence-corrected chi connectivity index (χ0v) is 25.5. The molecular weight excluding hydrogens is 595 g/mol. The van der Waals surface area contributed by atoms with E-state index in [1.165, 1.54) is 44.6 Å². The molecule has 2 heterocycles. The number of nitrogens with one attached hydrogen (secondary N) is 1. The van der Waals surface area contributed by atoms with E-state index < -0.39 is 29.1 Å². The highest BCUT2D eigenvalue weighted by molar-refractivity contribution is 5.93. The van der Waals surface area contributed by atoms with Crippen molar-refractivity contribution in [3.63, 3.8) is 0 Å². The van der Waals surface area contributed by atoms with Crippen LogP contribution in [0.2, 0.25) is 0 Å². The molecule has 1 N–H and O–H groups in total. The zero-order chi connectivity index (χ0) is 32.5. The fourth-order valence-electron chi connectivity index (χ4n) is 5.25. The quantitative estimate of drug-likeness (QED) is 0.211. The first-order valence-electron chi connectivity index (χ1n) is 14.2. The van der Waals surface area contributed by atoms with Crippen LogP contribution in [0.5, 0.6) is 28.7 Å². The van der Waals surface area contributed by atoms with Gasteiger partial charge in [-0.15, -0.1) is 0 Å². The molecule has 45 heavy (non-hydrogen) atoms. The predicted molar refractivity (Wildman–Crippen MR) is 158 cm³/mol. The van der Waals surface area contributed by atoms with E-state index in [1.807, 2.05) is 6.07 Å². The molecule has 238 valence electrons. The number of ether oxygens (including phenoxy) is 5. The maximum Gasteiger partial charge on any atom is 0.453 e. The van der Waals surface area contributed by atoms with Crippen LogP contribution < -0.4 is 29.3 Å². The van der Waals surface area contributed by atoms with Gasteiger partial charge >= 0.3 is 12.1 Å². The number of esters is 1. The van der Waals surface area contributed by atoms with Crippen LogP contribution in [0.25, 0.3) is 11.0 Å². The Balaban J connectivity index is 1.66. The molecule has 12 heteroatoms.